The Labute approximate surface area is 131 Å². The number of benzene rings is 1. The van der Waals surface area contributed by atoms with Crippen molar-refractivity contribution in [3.8, 4) is 6.07 Å². The van der Waals surface area contributed by atoms with Crippen LogP contribution in [0.5, 0.6) is 0 Å². The third-order valence-electron chi connectivity index (χ3n) is 4.37. The maximum atomic E-state index is 14.3. The molecule has 0 amide bonds. The van der Waals surface area contributed by atoms with Crippen molar-refractivity contribution in [2.75, 3.05) is 18.0 Å². The number of carboxylic acid groups (broad SMARTS) is 1. The molecule has 1 aromatic rings. The van der Waals surface area contributed by atoms with Gasteiger partial charge in [-0.05, 0) is 47.3 Å². The second-order valence-corrected chi connectivity index (χ2v) is 6.09. The van der Waals surface area contributed by atoms with Crippen LogP contribution in [-0.2, 0) is 4.79 Å². The second-order valence-electron chi connectivity index (χ2n) is 5.30. The average Bonchev–Trinajstić information content (AvgIpc) is 2.50. The number of hydrogen-bond acceptors (Lipinski definition) is 3. The molecule has 112 valence electrons. The van der Waals surface area contributed by atoms with Gasteiger partial charge < -0.3 is 10.0 Å². The number of halogens is 2. The van der Waals surface area contributed by atoms with Crippen LogP contribution >= 0.6 is 15.9 Å². The Balaban J connectivity index is 2.22. The van der Waals surface area contributed by atoms with E-state index in [1.807, 2.05) is 17.9 Å². The van der Waals surface area contributed by atoms with Gasteiger partial charge in [-0.2, -0.15) is 5.26 Å². The summed E-state index contributed by atoms with van der Waals surface area (Å²) in [4.78, 5) is 13.3. The lowest BCUT2D eigenvalue weighted by atomic mass is 9.76. The fraction of sp³-hybridized carbons (Fsp3) is 0.467. The van der Waals surface area contributed by atoms with Gasteiger partial charge in [0.25, 0.3) is 0 Å². The maximum Gasteiger partial charge on any atom is 0.309 e. The minimum atomic E-state index is -0.772. The summed E-state index contributed by atoms with van der Waals surface area (Å²) in [5.74, 6) is -1.24. The Bertz CT molecular complexity index is 604. The Kier molecular flexibility index (Phi) is 4.52. The van der Waals surface area contributed by atoms with E-state index in [0.29, 0.717) is 38.0 Å². The van der Waals surface area contributed by atoms with Crippen LogP contribution in [0.25, 0.3) is 0 Å². The van der Waals surface area contributed by atoms with Crippen LogP contribution in [0.2, 0.25) is 0 Å². The predicted molar refractivity (Wildman–Crippen MR) is 80.6 cm³/mol. The van der Waals surface area contributed by atoms with Gasteiger partial charge >= 0.3 is 5.97 Å². The summed E-state index contributed by atoms with van der Waals surface area (Å²) >= 11 is 3.10. The third-order valence-corrected chi connectivity index (χ3v) is 5.15. The second kappa shape index (κ2) is 6.02. The molecule has 0 bridgehead atoms. The number of anilines is 1. The van der Waals surface area contributed by atoms with Gasteiger partial charge in [0, 0.05) is 13.1 Å². The van der Waals surface area contributed by atoms with E-state index in [2.05, 4.69) is 15.9 Å². The standard InChI is InChI=1S/C15H16BrFN2O2/c1-2-15(14(20)21)5-7-19(8-6-15)11-4-3-10(9-18)12(16)13(11)17/h3-4H,2,5-8H2,1H3,(H,20,21). The number of carbonyl (C=O) groups is 1. The topological polar surface area (TPSA) is 64.3 Å². The zero-order valence-electron chi connectivity index (χ0n) is 11.7. The van der Waals surface area contributed by atoms with Gasteiger partial charge in [-0.15, -0.1) is 0 Å². The highest BCUT2D eigenvalue weighted by molar-refractivity contribution is 9.10. The molecule has 0 saturated carbocycles. The first kappa shape index (κ1) is 15.8. The first-order valence-corrected chi connectivity index (χ1v) is 7.61. The molecule has 1 N–H and O–H groups in total. The Morgan fingerprint density at radius 2 is 2.14 bits per heavy atom. The van der Waals surface area contributed by atoms with Crippen molar-refractivity contribution in [2.45, 2.75) is 26.2 Å². The number of piperidine rings is 1. The fourth-order valence-electron chi connectivity index (χ4n) is 2.76. The molecule has 1 aromatic carbocycles. The van der Waals surface area contributed by atoms with Crippen molar-refractivity contribution < 1.29 is 14.3 Å². The predicted octanol–water partition coefficient (Wildman–Crippen LogP) is 3.54. The lowest BCUT2D eigenvalue weighted by Crippen LogP contribution is -2.44. The summed E-state index contributed by atoms with van der Waals surface area (Å²) in [5.41, 5.74) is -0.0331. The van der Waals surface area contributed by atoms with Gasteiger partial charge in [0.15, 0.2) is 5.82 Å². The molecule has 21 heavy (non-hydrogen) atoms. The van der Waals surface area contributed by atoms with E-state index in [1.54, 1.807) is 12.1 Å². The molecule has 4 nitrogen and oxygen atoms in total. The largest absolute Gasteiger partial charge is 0.481 e. The number of hydrogen-bond donors (Lipinski definition) is 1. The van der Waals surface area contributed by atoms with Crippen LogP contribution in [0, 0.1) is 22.6 Å². The lowest BCUT2D eigenvalue weighted by Gasteiger charge is -2.39. The molecule has 0 aliphatic carbocycles. The van der Waals surface area contributed by atoms with Gasteiger partial charge in [-0.25, -0.2) is 4.39 Å². The third kappa shape index (κ3) is 2.75. The van der Waals surface area contributed by atoms with Gasteiger partial charge in [-0.1, -0.05) is 6.92 Å². The summed E-state index contributed by atoms with van der Waals surface area (Å²) in [5, 5.41) is 18.3. The molecule has 0 aromatic heterocycles. The summed E-state index contributed by atoms with van der Waals surface area (Å²) in [6, 6.07) is 5.07. The van der Waals surface area contributed by atoms with Crippen molar-refractivity contribution in [3.63, 3.8) is 0 Å². The molecule has 1 aliphatic heterocycles. The zero-order valence-corrected chi connectivity index (χ0v) is 13.3. The van der Waals surface area contributed by atoms with Crippen LogP contribution in [0.3, 0.4) is 0 Å². The highest BCUT2D eigenvalue weighted by Gasteiger charge is 2.40. The molecular formula is C15H16BrFN2O2. The molecule has 0 atom stereocenters. The average molecular weight is 355 g/mol. The van der Waals surface area contributed by atoms with E-state index in [9.17, 15) is 14.3 Å². The molecule has 2 rings (SSSR count). The van der Waals surface area contributed by atoms with E-state index < -0.39 is 17.2 Å². The molecule has 1 heterocycles. The van der Waals surface area contributed by atoms with Crippen LogP contribution in [0.4, 0.5) is 10.1 Å². The van der Waals surface area contributed by atoms with Gasteiger partial charge in [0.05, 0.1) is 21.1 Å². The summed E-state index contributed by atoms with van der Waals surface area (Å²) in [7, 11) is 0. The van der Waals surface area contributed by atoms with Crippen molar-refractivity contribution in [3.05, 3.63) is 28.0 Å². The van der Waals surface area contributed by atoms with E-state index >= 15 is 0 Å². The smallest absolute Gasteiger partial charge is 0.309 e. The molecule has 1 saturated heterocycles. The minimum Gasteiger partial charge on any atom is -0.481 e. The number of nitrogens with zero attached hydrogens (tertiary/aromatic N) is 2. The number of rotatable bonds is 3. The van der Waals surface area contributed by atoms with Crippen molar-refractivity contribution in [1.82, 2.24) is 0 Å². The monoisotopic (exact) mass is 354 g/mol. The number of nitriles is 1. The van der Waals surface area contributed by atoms with Gasteiger partial charge in [0.2, 0.25) is 0 Å². The Morgan fingerprint density at radius 1 is 1.52 bits per heavy atom. The highest BCUT2D eigenvalue weighted by Crippen LogP contribution is 2.38. The highest BCUT2D eigenvalue weighted by atomic mass is 79.9. The van der Waals surface area contributed by atoms with E-state index in [0.717, 1.165) is 0 Å². The van der Waals surface area contributed by atoms with E-state index in [1.165, 1.54) is 0 Å². The van der Waals surface area contributed by atoms with Gasteiger partial charge in [0.1, 0.15) is 6.07 Å². The molecular weight excluding hydrogens is 339 g/mol. The minimum absolute atomic E-state index is 0.160. The number of aliphatic carboxylic acids is 1. The van der Waals surface area contributed by atoms with Gasteiger partial charge in [-0.3, -0.25) is 4.79 Å². The SMILES string of the molecule is CCC1(C(=O)O)CCN(c2ccc(C#N)c(Br)c2F)CC1. The van der Waals surface area contributed by atoms with E-state index in [-0.39, 0.29) is 10.0 Å². The normalized spacial score (nSPS) is 17.3. The molecule has 1 aliphatic rings. The molecule has 0 radical (unpaired) electrons. The molecule has 6 heteroatoms. The van der Waals surface area contributed by atoms with Crippen LogP contribution in [0.15, 0.2) is 16.6 Å². The van der Waals surface area contributed by atoms with Crippen LogP contribution < -0.4 is 4.90 Å². The van der Waals surface area contributed by atoms with Crippen molar-refractivity contribution >= 4 is 27.6 Å². The molecule has 0 spiro atoms. The van der Waals surface area contributed by atoms with E-state index in [4.69, 9.17) is 5.26 Å². The fourth-order valence-corrected chi connectivity index (χ4v) is 3.19. The molecule has 0 unspecified atom stereocenters. The Hall–Kier alpha value is -1.61. The maximum absolute atomic E-state index is 14.3. The molecule has 1 fully saturated rings. The van der Waals surface area contributed by atoms with Crippen molar-refractivity contribution in [2.24, 2.45) is 5.41 Å². The summed E-state index contributed by atoms with van der Waals surface area (Å²) < 4.78 is 14.5. The Morgan fingerprint density at radius 3 is 2.62 bits per heavy atom. The summed E-state index contributed by atoms with van der Waals surface area (Å²) in [6.07, 6.45) is 1.57. The zero-order chi connectivity index (χ0) is 15.6. The quantitative estimate of drug-likeness (QED) is 0.901. The van der Waals surface area contributed by atoms with Crippen molar-refractivity contribution in [1.29, 1.82) is 5.26 Å². The van der Waals surface area contributed by atoms with Crippen LogP contribution in [-0.4, -0.2) is 24.2 Å². The lowest BCUT2D eigenvalue weighted by molar-refractivity contribution is -0.150. The summed E-state index contributed by atoms with van der Waals surface area (Å²) in [6.45, 7) is 2.87. The first-order chi connectivity index (χ1) is 9.95. The first-order valence-electron chi connectivity index (χ1n) is 6.81. The number of carboxylic acids is 1. The van der Waals surface area contributed by atoms with Crippen LogP contribution in [0.1, 0.15) is 31.7 Å².